The Bertz CT molecular complexity index is 499. The van der Waals surface area contributed by atoms with Crippen LogP contribution < -0.4 is 4.74 Å². The van der Waals surface area contributed by atoms with Crippen molar-refractivity contribution >= 4 is 11.5 Å². The summed E-state index contributed by atoms with van der Waals surface area (Å²) in [6.07, 6.45) is 5.35. The molecule has 0 spiro atoms. The van der Waals surface area contributed by atoms with Crippen LogP contribution in [0, 0.1) is 10.1 Å². The molecule has 5 nitrogen and oxygen atoms in total. The van der Waals surface area contributed by atoms with Crippen molar-refractivity contribution in [1.82, 2.24) is 0 Å². The van der Waals surface area contributed by atoms with Crippen molar-refractivity contribution in [1.29, 1.82) is 0 Å². The van der Waals surface area contributed by atoms with Crippen LogP contribution in [-0.4, -0.2) is 16.8 Å². The topological polar surface area (TPSA) is 69.4 Å². The third-order valence-electron chi connectivity index (χ3n) is 3.35. The molecule has 1 atom stereocenters. The molecule has 0 bridgehead atoms. The molecule has 0 aromatic heterocycles. The van der Waals surface area contributed by atoms with Gasteiger partial charge in [0.05, 0.1) is 11.0 Å². The van der Waals surface area contributed by atoms with Gasteiger partial charge in [-0.05, 0) is 38.8 Å². The van der Waals surface area contributed by atoms with Gasteiger partial charge >= 0.3 is 5.69 Å². The normalized spacial score (nSPS) is 12.0. The average Bonchev–Trinajstić information content (AvgIpc) is 2.43. The van der Waals surface area contributed by atoms with Crippen LogP contribution in [0.4, 0.5) is 5.69 Å². The third kappa shape index (κ3) is 5.53. The molecule has 0 amide bonds. The van der Waals surface area contributed by atoms with E-state index < -0.39 is 4.92 Å². The van der Waals surface area contributed by atoms with Crippen molar-refractivity contribution in [3.63, 3.8) is 0 Å². The molecule has 5 heteroatoms. The summed E-state index contributed by atoms with van der Waals surface area (Å²) in [5.74, 6) is 0.0326. The molecule has 0 aliphatic carbocycles. The lowest BCUT2D eigenvalue weighted by Crippen LogP contribution is -2.13. The van der Waals surface area contributed by atoms with Crippen LogP contribution in [0.15, 0.2) is 18.2 Å². The number of carbonyl (C=O) groups excluding carboxylic acids is 1. The number of unbranched alkanes of at least 4 members (excludes halogenated alkanes) is 3. The van der Waals surface area contributed by atoms with Crippen LogP contribution in [0.2, 0.25) is 0 Å². The highest BCUT2D eigenvalue weighted by Crippen LogP contribution is 2.29. The second-order valence-corrected chi connectivity index (χ2v) is 5.27. The summed E-state index contributed by atoms with van der Waals surface area (Å²) in [5.41, 5.74) is 0.174. The van der Waals surface area contributed by atoms with E-state index in [9.17, 15) is 14.9 Å². The largest absolute Gasteiger partial charge is 0.484 e. The Morgan fingerprint density at radius 1 is 1.33 bits per heavy atom. The van der Waals surface area contributed by atoms with E-state index in [1.54, 1.807) is 6.07 Å². The van der Waals surface area contributed by atoms with Gasteiger partial charge in [0.1, 0.15) is 0 Å². The van der Waals surface area contributed by atoms with Gasteiger partial charge in [0.25, 0.3) is 0 Å². The van der Waals surface area contributed by atoms with Gasteiger partial charge in [0, 0.05) is 11.6 Å². The average molecular weight is 293 g/mol. The highest BCUT2D eigenvalue weighted by molar-refractivity contribution is 5.95. The number of nitro benzene ring substituents is 1. The molecular formula is C16H23NO4. The molecule has 1 aromatic carbocycles. The Hall–Kier alpha value is -1.91. The molecule has 0 fully saturated rings. The first-order chi connectivity index (χ1) is 9.95. The minimum atomic E-state index is -0.508. The summed E-state index contributed by atoms with van der Waals surface area (Å²) in [7, 11) is 0. The summed E-state index contributed by atoms with van der Waals surface area (Å²) < 4.78 is 5.67. The van der Waals surface area contributed by atoms with Gasteiger partial charge in [0.2, 0.25) is 0 Å². The van der Waals surface area contributed by atoms with Crippen LogP contribution in [0.1, 0.15) is 63.2 Å². The zero-order chi connectivity index (χ0) is 15.8. The lowest BCUT2D eigenvalue weighted by atomic mass is 10.1. The molecule has 0 heterocycles. The van der Waals surface area contributed by atoms with Crippen molar-refractivity contribution in [2.24, 2.45) is 0 Å². The van der Waals surface area contributed by atoms with Crippen molar-refractivity contribution in [3.05, 3.63) is 33.9 Å². The first-order valence-corrected chi connectivity index (χ1v) is 7.41. The van der Waals surface area contributed by atoms with E-state index in [-0.39, 0.29) is 23.3 Å². The summed E-state index contributed by atoms with van der Waals surface area (Å²) >= 11 is 0. The Morgan fingerprint density at radius 3 is 2.62 bits per heavy atom. The number of ether oxygens (including phenoxy) is 1. The molecule has 0 N–H and O–H groups in total. The summed E-state index contributed by atoms with van der Waals surface area (Å²) in [6.45, 7) is 5.45. The van der Waals surface area contributed by atoms with Gasteiger partial charge in [-0.2, -0.15) is 0 Å². The number of rotatable bonds is 9. The van der Waals surface area contributed by atoms with Crippen LogP contribution in [0.5, 0.6) is 5.75 Å². The van der Waals surface area contributed by atoms with E-state index >= 15 is 0 Å². The Labute approximate surface area is 125 Å². The first-order valence-electron chi connectivity index (χ1n) is 7.41. The lowest BCUT2D eigenvalue weighted by Gasteiger charge is -2.14. The molecule has 116 valence electrons. The number of hydrogen-bond donors (Lipinski definition) is 0. The number of ketones is 1. The fraction of sp³-hybridized carbons (Fsp3) is 0.562. The van der Waals surface area contributed by atoms with Gasteiger partial charge in [0.15, 0.2) is 11.5 Å². The van der Waals surface area contributed by atoms with E-state index in [1.807, 2.05) is 6.92 Å². The van der Waals surface area contributed by atoms with Gasteiger partial charge in [-0.3, -0.25) is 14.9 Å². The molecule has 1 aromatic rings. The van der Waals surface area contributed by atoms with Crippen LogP contribution in [0.3, 0.4) is 0 Å². The van der Waals surface area contributed by atoms with Crippen LogP contribution in [-0.2, 0) is 0 Å². The van der Waals surface area contributed by atoms with Gasteiger partial charge in [-0.15, -0.1) is 0 Å². The maximum absolute atomic E-state index is 11.3. The molecule has 0 saturated carbocycles. The smallest absolute Gasteiger partial charge is 0.311 e. The molecular weight excluding hydrogens is 270 g/mol. The van der Waals surface area contributed by atoms with E-state index in [1.165, 1.54) is 31.9 Å². The number of Topliss-reactive ketones (excluding diaryl/α,β-unsaturated/α-hetero) is 1. The van der Waals surface area contributed by atoms with Crippen LogP contribution >= 0.6 is 0 Å². The van der Waals surface area contributed by atoms with E-state index in [4.69, 9.17) is 4.74 Å². The SMILES string of the molecule is CCCCCCC(C)Oc1ccc(C(C)=O)cc1[N+](=O)[O-]. The minimum absolute atomic E-state index is 0.0799. The second kappa shape index (κ2) is 8.39. The van der Waals surface area contributed by atoms with Crippen molar-refractivity contribution < 1.29 is 14.5 Å². The summed E-state index contributed by atoms with van der Waals surface area (Å²) in [4.78, 5) is 21.9. The number of benzene rings is 1. The first kappa shape index (κ1) is 17.1. The van der Waals surface area contributed by atoms with Gasteiger partial charge in [-0.1, -0.05) is 26.2 Å². The zero-order valence-corrected chi connectivity index (χ0v) is 12.9. The summed E-state index contributed by atoms with van der Waals surface area (Å²) in [5, 5.41) is 11.1. The molecule has 1 unspecified atom stereocenters. The fourth-order valence-electron chi connectivity index (χ4n) is 2.11. The molecule has 1 rings (SSSR count). The molecule has 0 saturated heterocycles. The third-order valence-corrected chi connectivity index (χ3v) is 3.35. The second-order valence-electron chi connectivity index (χ2n) is 5.27. The molecule has 0 aliphatic heterocycles. The standard InChI is InChI=1S/C16H23NO4/c1-4-5-6-7-8-12(2)21-16-10-9-14(13(3)18)11-15(16)17(19)20/h9-12H,4-8H2,1-3H3. The van der Waals surface area contributed by atoms with Gasteiger partial charge < -0.3 is 4.74 Å². The van der Waals surface area contributed by atoms with Crippen molar-refractivity contribution in [2.45, 2.75) is 59.0 Å². The van der Waals surface area contributed by atoms with E-state index in [0.29, 0.717) is 5.56 Å². The Kier molecular flexibility index (Phi) is 6.85. The highest BCUT2D eigenvalue weighted by Gasteiger charge is 2.19. The maximum atomic E-state index is 11.3. The lowest BCUT2D eigenvalue weighted by molar-refractivity contribution is -0.386. The number of carbonyl (C=O) groups is 1. The van der Waals surface area contributed by atoms with E-state index in [2.05, 4.69) is 6.92 Å². The molecule has 21 heavy (non-hydrogen) atoms. The highest BCUT2D eigenvalue weighted by atomic mass is 16.6. The predicted molar refractivity (Wildman–Crippen MR) is 81.9 cm³/mol. The zero-order valence-electron chi connectivity index (χ0n) is 12.9. The van der Waals surface area contributed by atoms with Gasteiger partial charge in [-0.25, -0.2) is 0 Å². The number of hydrogen-bond acceptors (Lipinski definition) is 4. The monoisotopic (exact) mass is 293 g/mol. The predicted octanol–water partition coefficient (Wildman–Crippen LogP) is 4.54. The van der Waals surface area contributed by atoms with Crippen LogP contribution in [0.25, 0.3) is 0 Å². The number of nitrogens with zero attached hydrogens (tertiary/aromatic N) is 1. The van der Waals surface area contributed by atoms with Crippen molar-refractivity contribution in [3.8, 4) is 5.75 Å². The maximum Gasteiger partial charge on any atom is 0.311 e. The van der Waals surface area contributed by atoms with E-state index in [0.717, 1.165) is 19.3 Å². The molecule has 0 radical (unpaired) electrons. The quantitative estimate of drug-likeness (QED) is 0.290. The minimum Gasteiger partial charge on any atom is -0.484 e. The molecule has 0 aliphatic rings. The Morgan fingerprint density at radius 2 is 2.05 bits per heavy atom. The summed E-state index contributed by atoms with van der Waals surface area (Å²) in [6, 6.07) is 4.35. The fourth-order valence-corrected chi connectivity index (χ4v) is 2.11. The number of nitro groups is 1. The van der Waals surface area contributed by atoms with Crippen molar-refractivity contribution in [2.75, 3.05) is 0 Å². The Balaban J connectivity index is 2.73.